The van der Waals surface area contributed by atoms with Gasteiger partial charge in [-0.05, 0) is 30.2 Å². The SMILES string of the molecule is CCN1CCN(N(C=O)C(C(=O)N[C@]2(NC=O)C(=O)N3C(C(=O)[O-])=C(CSc4nncs4)CS[C@H]32)c2ccc(O)c(O)c2)C(=O)C1=O.[Na+]. The van der Waals surface area contributed by atoms with Crippen molar-refractivity contribution in [1.82, 2.24) is 40.6 Å². The number of β-lactam (4-membered cyclic amide) rings is 1. The number of carbonyl (C=O) groups excluding carboxylic acids is 7. The van der Waals surface area contributed by atoms with E-state index in [2.05, 4.69) is 20.8 Å². The molecule has 5 rings (SSSR count). The van der Waals surface area contributed by atoms with E-state index in [-0.39, 0.29) is 79.1 Å². The van der Waals surface area contributed by atoms with E-state index in [0.29, 0.717) is 14.9 Å². The molecule has 1 aromatic carbocycles. The van der Waals surface area contributed by atoms with Crippen molar-refractivity contribution in [3.05, 3.63) is 40.5 Å². The number of piperazine rings is 1. The summed E-state index contributed by atoms with van der Waals surface area (Å²) in [5, 5.41) is 44.8. The van der Waals surface area contributed by atoms with Crippen LogP contribution in [0, 0.1) is 0 Å². The number of benzene rings is 1. The molecule has 248 valence electrons. The molecule has 0 saturated carbocycles. The number of fused-ring (bicyclic) bond motifs is 1. The summed E-state index contributed by atoms with van der Waals surface area (Å²) in [5.41, 5.74) is -1.00. The number of carboxylic acid groups (broad SMARTS) is 1. The molecule has 3 atom stereocenters. The number of phenolic OH excluding ortho intramolecular Hbond substituents is 2. The fourth-order valence-corrected chi connectivity index (χ4v) is 8.36. The van der Waals surface area contributed by atoms with E-state index in [1.165, 1.54) is 33.5 Å². The molecule has 0 aliphatic carbocycles. The van der Waals surface area contributed by atoms with Crippen molar-refractivity contribution in [2.24, 2.45) is 0 Å². The van der Waals surface area contributed by atoms with Crippen molar-refractivity contribution in [2.75, 3.05) is 31.1 Å². The van der Waals surface area contributed by atoms with Gasteiger partial charge in [0.2, 0.25) is 18.5 Å². The Kier molecular flexibility index (Phi) is 11.6. The first-order valence-electron chi connectivity index (χ1n) is 13.7. The number of nitrogens with zero attached hydrogens (tertiary/aromatic N) is 6. The zero-order valence-corrected chi connectivity index (χ0v) is 29.7. The van der Waals surface area contributed by atoms with Gasteiger partial charge in [0.25, 0.3) is 11.8 Å². The van der Waals surface area contributed by atoms with Gasteiger partial charge in [-0.15, -0.1) is 22.0 Å². The molecule has 2 saturated heterocycles. The largest absolute Gasteiger partial charge is 1.00 e. The van der Waals surface area contributed by atoms with Crippen LogP contribution < -0.4 is 45.3 Å². The van der Waals surface area contributed by atoms with Gasteiger partial charge in [-0.3, -0.25) is 33.7 Å². The van der Waals surface area contributed by atoms with E-state index in [4.69, 9.17) is 0 Å². The summed E-state index contributed by atoms with van der Waals surface area (Å²) in [6.07, 6.45) is 0.230. The zero-order chi connectivity index (χ0) is 34.0. The Labute approximate surface area is 306 Å². The number of rotatable bonds is 13. The minimum absolute atomic E-state index is 0. The number of hydrogen-bond acceptors (Lipinski definition) is 15. The van der Waals surface area contributed by atoms with Gasteiger partial charge in [0.1, 0.15) is 10.9 Å². The molecule has 0 spiro atoms. The number of amides is 6. The third-order valence-electron chi connectivity index (χ3n) is 7.55. The van der Waals surface area contributed by atoms with Gasteiger partial charge in [0.05, 0.1) is 18.2 Å². The quantitative estimate of drug-likeness (QED) is 0.0286. The van der Waals surface area contributed by atoms with Crippen LogP contribution in [0.3, 0.4) is 0 Å². The molecular formula is C26H25N8NaO10S3. The maximum Gasteiger partial charge on any atom is 1.00 e. The predicted octanol–water partition coefficient (Wildman–Crippen LogP) is -5.67. The summed E-state index contributed by atoms with van der Waals surface area (Å²) < 4.78 is 0.559. The summed E-state index contributed by atoms with van der Waals surface area (Å²) in [5.74, 6) is -7.04. The number of carbonyl (C=O) groups is 7. The van der Waals surface area contributed by atoms with Crippen molar-refractivity contribution in [3.8, 4) is 11.5 Å². The maximum atomic E-state index is 14.1. The first kappa shape index (κ1) is 36.9. The van der Waals surface area contributed by atoms with Gasteiger partial charge >= 0.3 is 41.4 Å². The molecule has 1 unspecified atom stereocenters. The second-order valence-electron chi connectivity index (χ2n) is 10.1. The molecule has 3 aliphatic heterocycles. The molecule has 22 heteroatoms. The third kappa shape index (κ3) is 6.57. The summed E-state index contributed by atoms with van der Waals surface area (Å²) in [4.78, 5) is 92.3. The number of hydrogen-bond donors (Lipinski definition) is 4. The molecule has 18 nitrogen and oxygen atoms in total. The van der Waals surface area contributed by atoms with E-state index in [0.717, 1.165) is 39.9 Å². The van der Waals surface area contributed by atoms with E-state index in [1.54, 1.807) is 6.92 Å². The van der Waals surface area contributed by atoms with Crippen molar-refractivity contribution in [2.45, 2.75) is 28.3 Å². The molecule has 48 heavy (non-hydrogen) atoms. The number of aliphatic carboxylic acids is 1. The van der Waals surface area contributed by atoms with Crippen LogP contribution in [-0.4, -0.2) is 125 Å². The first-order valence-corrected chi connectivity index (χ1v) is 16.6. The topological polar surface area (TPSA) is 246 Å². The number of thioether (sulfide) groups is 2. The van der Waals surface area contributed by atoms with Crippen LogP contribution in [0.25, 0.3) is 0 Å². The Bertz CT molecular complexity index is 1680. The Morgan fingerprint density at radius 3 is 2.56 bits per heavy atom. The van der Waals surface area contributed by atoms with Crippen LogP contribution in [0.15, 0.2) is 39.3 Å². The summed E-state index contributed by atoms with van der Waals surface area (Å²) in [6, 6.07) is 1.27. The molecular weight excluding hydrogens is 704 g/mol. The standard InChI is InChI=1S/C26H26N8O10S3.Na/c1-2-31-5-6-32(21(41)20(31)40)33(12-36)17(13-3-4-15(37)16(38)7-13)19(39)29-26(27-10-35)23(44)34-18(22(42)43)14(8-45-24(26)34)9-46-25-30-28-11-47-25;/h3-4,7,10-12,17,24,37-38H,2,5-6,8-9H2,1H3,(H,27,35)(H,29,39)(H,42,43);/q;+1/p-1/t17?,24-,26+;/m0./s1. The fourth-order valence-electron chi connectivity index (χ4n) is 5.31. The van der Waals surface area contributed by atoms with Crippen LogP contribution in [0.1, 0.15) is 18.5 Å². The number of aromatic nitrogens is 2. The second-order valence-corrected chi connectivity index (χ2v) is 13.2. The smallest absolute Gasteiger partial charge is 0.543 e. The predicted molar refractivity (Wildman–Crippen MR) is 160 cm³/mol. The number of aromatic hydroxyl groups is 2. The number of phenols is 2. The van der Waals surface area contributed by atoms with Crippen LogP contribution in [-0.2, 0) is 33.6 Å². The molecule has 2 fully saturated rings. The monoisotopic (exact) mass is 728 g/mol. The number of carboxylic acids is 1. The van der Waals surface area contributed by atoms with Gasteiger partial charge in [-0.1, -0.05) is 29.2 Å². The molecule has 0 radical (unpaired) electrons. The third-order valence-corrected chi connectivity index (χ3v) is 10.9. The van der Waals surface area contributed by atoms with E-state index >= 15 is 0 Å². The molecule has 3 aliphatic rings. The minimum atomic E-state index is -2.23. The van der Waals surface area contributed by atoms with Gasteiger partial charge in [0, 0.05) is 24.6 Å². The van der Waals surface area contributed by atoms with Crippen LogP contribution in [0.4, 0.5) is 0 Å². The van der Waals surface area contributed by atoms with E-state index < -0.39 is 63.9 Å². The Balaban J connectivity index is 0.00000520. The molecule has 4 N–H and O–H groups in total. The Hall–Kier alpha value is -3.89. The molecule has 6 amide bonds. The number of nitrogens with one attached hydrogen (secondary N) is 2. The van der Waals surface area contributed by atoms with Crippen molar-refractivity contribution < 1.29 is 78.4 Å². The average molecular weight is 729 g/mol. The summed E-state index contributed by atoms with van der Waals surface area (Å²) in [7, 11) is 0. The molecule has 1 aromatic heterocycles. The van der Waals surface area contributed by atoms with Crippen LogP contribution in [0.5, 0.6) is 11.5 Å². The van der Waals surface area contributed by atoms with Crippen molar-refractivity contribution in [1.29, 1.82) is 0 Å². The normalized spacial score (nSPS) is 21.1. The first-order chi connectivity index (χ1) is 22.5. The Morgan fingerprint density at radius 1 is 1.21 bits per heavy atom. The van der Waals surface area contributed by atoms with E-state index in [1.807, 2.05) is 0 Å². The van der Waals surface area contributed by atoms with Gasteiger partial charge < -0.3 is 35.6 Å². The molecule has 2 aromatic rings. The van der Waals surface area contributed by atoms with Gasteiger partial charge in [0.15, 0.2) is 21.9 Å². The number of hydrazine groups is 1. The van der Waals surface area contributed by atoms with Crippen molar-refractivity contribution in [3.63, 3.8) is 0 Å². The van der Waals surface area contributed by atoms with Crippen molar-refractivity contribution >= 4 is 77.3 Å². The van der Waals surface area contributed by atoms with Crippen LogP contribution in [0.2, 0.25) is 0 Å². The average Bonchev–Trinajstić information content (AvgIpc) is 3.58. The molecule has 0 bridgehead atoms. The van der Waals surface area contributed by atoms with Crippen LogP contribution >= 0.6 is 34.9 Å². The van der Waals surface area contributed by atoms with Gasteiger partial charge in [-0.25, -0.2) is 10.0 Å². The zero-order valence-electron chi connectivity index (χ0n) is 25.2. The minimum Gasteiger partial charge on any atom is -0.543 e. The fraction of sp³-hybridized carbons (Fsp3) is 0.346. The summed E-state index contributed by atoms with van der Waals surface area (Å²) in [6.45, 7) is 1.67. The van der Waals surface area contributed by atoms with Gasteiger partial charge in [-0.2, -0.15) is 0 Å². The molecule has 4 heterocycles. The second kappa shape index (κ2) is 15.1. The Morgan fingerprint density at radius 2 is 1.96 bits per heavy atom. The van der Waals surface area contributed by atoms with E-state index in [9.17, 15) is 48.9 Å². The number of likely N-dealkylation sites (N-methyl/N-ethyl adjacent to an activating group) is 1. The summed E-state index contributed by atoms with van der Waals surface area (Å²) >= 11 is 3.46. The maximum absolute atomic E-state index is 14.1.